The summed E-state index contributed by atoms with van der Waals surface area (Å²) in [7, 11) is 0. The molecule has 2 saturated carbocycles. The van der Waals surface area contributed by atoms with E-state index in [1.54, 1.807) is 12.1 Å². The smallest absolute Gasteiger partial charge is 0.338 e. The zero-order valence-electron chi connectivity index (χ0n) is 16.2. The largest absolute Gasteiger partial charge is 0.458 e. The first kappa shape index (κ1) is 18.0. The Bertz CT molecular complexity index is 701. The molecule has 6 unspecified atom stereocenters. The lowest BCUT2D eigenvalue weighted by Crippen LogP contribution is -2.50. The molecule has 4 nitrogen and oxygen atoms in total. The lowest BCUT2D eigenvalue weighted by molar-refractivity contribution is -0.120. The van der Waals surface area contributed by atoms with Crippen molar-refractivity contribution >= 4 is 5.97 Å². The fourth-order valence-corrected chi connectivity index (χ4v) is 5.61. The number of carbonyl (C=O) groups is 1. The van der Waals surface area contributed by atoms with Crippen LogP contribution in [0.2, 0.25) is 0 Å². The molecule has 1 saturated heterocycles. The predicted octanol–water partition coefficient (Wildman–Crippen LogP) is 3.97. The number of ether oxygens (including phenoxy) is 2. The molecule has 1 N–H and O–H groups in total. The monoisotopic (exact) mass is 358 g/mol. The Labute approximate surface area is 155 Å². The van der Waals surface area contributed by atoms with Crippen LogP contribution in [0.5, 0.6) is 0 Å². The maximum Gasteiger partial charge on any atom is 0.338 e. The van der Waals surface area contributed by atoms with E-state index in [2.05, 4.69) is 27.7 Å². The summed E-state index contributed by atoms with van der Waals surface area (Å²) in [4.78, 5) is 12.8. The molecule has 142 valence electrons. The van der Waals surface area contributed by atoms with E-state index >= 15 is 0 Å². The molecule has 2 aliphatic carbocycles. The average Bonchev–Trinajstić information content (AvgIpc) is 3.13. The summed E-state index contributed by atoms with van der Waals surface area (Å²) >= 11 is 0. The molecule has 4 heteroatoms. The molecule has 3 fully saturated rings. The molecule has 0 bridgehead atoms. The average molecular weight is 358 g/mol. The molecule has 0 amide bonds. The first-order valence-corrected chi connectivity index (χ1v) is 9.84. The van der Waals surface area contributed by atoms with E-state index in [9.17, 15) is 9.90 Å². The first-order chi connectivity index (χ1) is 12.2. The quantitative estimate of drug-likeness (QED) is 0.656. The Balaban J connectivity index is 1.68. The Morgan fingerprint density at radius 1 is 1.19 bits per heavy atom. The molecule has 0 radical (unpaired) electrons. The number of aliphatic hydroxyl groups is 1. The second-order valence-electron chi connectivity index (χ2n) is 9.41. The van der Waals surface area contributed by atoms with Gasteiger partial charge >= 0.3 is 5.97 Å². The zero-order chi connectivity index (χ0) is 18.7. The first-order valence-electron chi connectivity index (χ1n) is 9.84. The Morgan fingerprint density at radius 2 is 1.88 bits per heavy atom. The van der Waals surface area contributed by atoms with Gasteiger partial charge in [-0.25, -0.2) is 4.79 Å². The Morgan fingerprint density at radius 3 is 2.54 bits per heavy atom. The molecule has 1 aromatic carbocycles. The van der Waals surface area contributed by atoms with E-state index < -0.39 is 5.60 Å². The summed E-state index contributed by atoms with van der Waals surface area (Å²) in [5, 5.41) is 11.6. The standard InChI is InChI=1S/C22H30O4/c1-14(2)22(24)11-10-20(3)13-17-21(4,26-17)12-16(18(20)22)25-19(23)15-8-6-5-7-9-15/h5-9,14,16-18,24H,10-13H2,1-4H3. The summed E-state index contributed by atoms with van der Waals surface area (Å²) < 4.78 is 12.1. The van der Waals surface area contributed by atoms with Crippen LogP contribution < -0.4 is 0 Å². The van der Waals surface area contributed by atoms with E-state index in [1.807, 2.05) is 18.2 Å². The van der Waals surface area contributed by atoms with Crippen molar-refractivity contribution in [2.45, 2.75) is 76.8 Å². The van der Waals surface area contributed by atoms with E-state index in [0.29, 0.717) is 12.0 Å². The van der Waals surface area contributed by atoms with Crippen LogP contribution >= 0.6 is 0 Å². The van der Waals surface area contributed by atoms with Crippen molar-refractivity contribution in [3.05, 3.63) is 35.9 Å². The van der Waals surface area contributed by atoms with Crippen LogP contribution in [0.25, 0.3) is 0 Å². The molecule has 26 heavy (non-hydrogen) atoms. The highest BCUT2D eigenvalue weighted by Crippen LogP contribution is 2.63. The molecule has 0 spiro atoms. The van der Waals surface area contributed by atoms with Crippen molar-refractivity contribution < 1.29 is 19.4 Å². The van der Waals surface area contributed by atoms with Crippen LogP contribution in [0.15, 0.2) is 30.3 Å². The minimum atomic E-state index is -0.802. The lowest BCUT2D eigenvalue weighted by atomic mass is 9.67. The van der Waals surface area contributed by atoms with Crippen LogP contribution in [-0.4, -0.2) is 34.5 Å². The van der Waals surface area contributed by atoms with Crippen LogP contribution in [-0.2, 0) is 9.47 Å². The number of fused-ring (bicyclic) bond motifs is 2. The van der Waals surface area contributed by atoms with Gasteiger partial charge in [-0.1, -0.05) is 39.0 Å². The van der Waals surface area contributed by atoms with Gasteiger partial charge in [-0.15, -0.1) is 0 Å². The van der Waals surface area contributed by atoms with Crippen LogP contribution in [0, 0.1) is 17.3 Å². The molecule has 1 aliphatic heterocycles. The molecule has 1 heterocycles. The third kappa shape index (κ3) is 2.69. The van der Waals surface area contributed by atoms with Crippen molar-refractivity contribution in [3.8, 4) is 0 Å². The van der Waals surface area contributed by atoms with Gasteiger partial charge in [0.2, 0.25) is 0 Å². The van der Waals surface area contributed by atoms with Gasteiger partial charge in [0.05, 0.1) is 22.9 Å². The highest BCUT2D eigenvalue weighted by Gasteiger charge is 2.68. The topological polar surface area (TPSA) is 59.1 Å². The second-order valence-corrected chi connectivity index (χ2v) is 9.41. The SMILES string of the molecule is CC(C)C1(O)CCC2(C)CC3OC3(C)CC(OC(=O)c3ccccc3)C21. The second kappa shape index (κ2) is 5.80. The maximum absolute atomic E-state index is 12.8. The molecule has 4 rings (SSSR count). The van der Waals surface area contributed by atoms with Crippen LogP contribution in [0.3, 0.4) is 0 Å². The Kier molecular flexibility index (Phi) is 4.02. The number of hydrogen-bond acceptors (Lipinski definition) is 4. The van der Waals surface area contributed by atoms with Gasteiger partial charge in [0.1, 0.15) is 6.10 Å². The number of rotatable bonds is 3. The summed E-state index contributed by atoms with van der Waals surface area (Å²) in [5.41, 5.74) is -0.543. The number of hydrogen-bond donors (Lipinski definition) is 1. The van der Waals surface area contributed by atoms with Crippen molar-refractivity contribution in [1.82, 2.24) is 0 Å². The van der Waals surface area contributed by atoms with Crippen molar-refractivity contribution in [2.24, 2.45) is 17.3 Å². The molecule has 0 aromatic heterocycles. The highest BCUT2D eigenvalue weighted by molar-refractivity contribution is 5.89. The molecule has 3 aliphatic rings. The molecule has 6 atom stereocenters. The zero-order valence-corrected chi connectivity index (χ0v) is 16.2. The van der Waals surface area contributed by atoms with Gasteiger partial charge in [-0.3, -0.25) is 0 Å². The number of carbonyl (C=O) groups excluding carboxylic acids is 1. The molecular weight excluding hydrogens is 328 g/mol. The van der Waals surface area contributed by atoms with Gasteiger partial charge in [0, 0.05) is 12.3 Å². The normalized spacial score (nSPS) is 44.2. The van der Waals surface area contributed by atoms with Gasteiger partial charge < -0.3 is 14.6 Å². The number of esters is 1. The lowest BCUT2D eigenvalue weighted by Gasteiger charge is -2.44. The minimum absolute atomic E-state index is 0.0594. The minimum Gasteiger partial charge on any atom is -0.458 e. The number of benzene rings is 1. The summed E-state index contributed by atoms with van der Waals surface area (Å²) in [6, 6.07) is 9.13. The van der Waals surface area contributed by atoms with Gasteiger partial charge in [0.25, 0.3) is 0 Å². The fourth-order valence-electron chi connectivity index (χ4n) is 5.61. The van der Waals surface area contributed by atoms with Crippen LogP contribution in [0.4, 0.5) is 0 Å². The summed E-state index contributed by atoms with van der Waals surface area (Å²) in [6.07, 6.45) is 3.18. The molecule has 1 aromatic rings. The number of epoxide rings is 1. The third-order valence-electron chi connectivity index (χ3n) is 7.32. The van der Waals surface area contributed by atoms with Gasteiger partial charge in [-0.05, 0) is 49.7 Å². The van der Waals surface area contributed by atoms with Crippen molar-refractivity contribution in [1.29, 1.82) is 0 Å². The van der Waals surface area contributed by atoms with E-state index in [4.69, 9.17) is 9.47 Å². The highest BCUT2D eigenvalue weighted by atomic mass is 16.6. The van der Waals surface area contributed by atoms with Gasteiger partial charge in [-0.2, -0.15) is 0 Å². The van der Waals surface area contributed by atoms with E-state index in [-0.39, 0.29) is 41.0 Å². The third-order valence-corrected chi connectivity index (χ3v) is 7.32. The maximum atomic E-state index is 12.8. The molecular formula is C22H30O4. The van der Waals surface area contributed by atoms with Gasteiger partial charge in [0.15, 0.2) is 0 Å². The summed E-state index contributed by atoms with van der Waals surface area (Å²) in [6.45, 7) is 8.51. The fraction of sp³-hybridized carbons (Fsp3) is 0.682. The Hall–Kier alpha value is -1.39. The van der Waals surface area contributed by atoms with Crippen molar-refractivity contribution in [2.75, 3.05) is 0 Å². The van der Waals surface area contributed by atoms with E-state index in [1.165, 1.54) is 0 Å². The van der Waals surface area contributed by atoms with Crippen LogP contribution in [0.1, 0.15) is 63.7 Å². The predicted molar refractivity (Wildman–Crippen MR) is 98.8 cm³/mol. The van der Waals surface area contributed by atoms with E-state index in [0.717, 1.165) is 19.3 Å². The van der Waals surface area contributed by atoms with Crippen molar-refractivity contribution in [3.63, 3.8) is 0 Å². The summed E-state index contributed by atoms with van der Waals surface area (Å²) in [5.74, 6) is -0.245.